The first-order valence-corrected chi connectivity index (χ1v) is 11.9. The SMILES string of the molecule is COc1ccc(NC(=O)Nc2nc3c(s2)CN(S(=O)(=O)c2ccc(C)cc2)CC3)cc1. The third kappa shape index (κ3) is 4.71. The predicted molar refractivity (Wildman–Crippen MR) is 120 cm³/mol. The summed E-state index contributed by atoms with van der Waals surface area (Å²) >= 11 is 1.29. The fraction of sp³-hybridized carbons (Fsp3) is 0.238. The fourth-order valence-corrected chi connectivity index (χ4v) is 5.73. The minimum absolute atomic E-state index is 0.241. The highest BCUT2D eigenvalue weighted by atomic mass is 32.2. The van der Waals surface area contributed by atoms with Crippen LogP contribution in [-0.4, -0.2) is 37.4 Å². The molecule has 8 nitrogen and oxygen atoms in total. The van der Waals surface area contributed by atoms with Crippen LogP contribution in [0.1, 0.15) is 16.1 Å². The van der Waals surface area contributed by atoms with Crippen LogP contribution in [0.4, 0.5) is 15.6 Å². The van der Waals surface area contributed by atoms with E-state index in [9.17, 15) is 13.2 Å². The second-order valence-electron chi connectivity index (χ2n) is 7.10. The number of nitrogens with one attached hydrogen (secondary N) is 2. The van der Waals surface area contributed by atoms with E-state index in [1.54, 1.807) is 55.6 Å². The number of ether oxygens (including phenoxy) is 1. The van der Waals surface area contributed by atoms with E-state index in [0.29, 0.717) is 29.5 Å². The summed E-state index contributed by atoms with van der Waals surface area (Å²) in [6, 6.07) is 13.4. The Kier molecular flexibility index (Phi) is 5.94. The van der Waals surface area contributed by atoms with Gasteiger partial charge in [-0.2, -0.15) is 4.31 Å². The third-order valence-electron chi connectivity index (χ3n) is 4.92. The van der Waals surface area contributed by atoms with Gasteiger partial charge < -0.3 is 10.1 Å². The van der Waals surface area contributed by atoms with E-state index in [2.05, 4.69) is 15.6 Å². The number of sulfonamides is 1. The largest absolute Gasteiger partial charge is 0.497 e. The molecule has 0 aliphatic carbocycles. The molecule has 2 heterocycles. The molecule has 2 N–H and O–H groups in total. The average molecular weight is 459 g/mol. The van der Waals surface area contributed by atoms with Crippen molar-refractivity contribution in [1.29, 1.82) is 0 Å². The van der Waals surface area contributed by atoms with Crippen LogP contribution in [0.2, 0.25) is 0 Å². The average Bonchev–Trinajstić information content (AvgIpc) is 3.15. The molecule has 2 amide bonds. The highest BCUT2D eigenvalue weighted by molar-refractivity contribution is 7.89. The van der Waals surface area contributed by atoms with Gasteiger partial charge in [0.05, 0.1) is 24.2 Å². The number of fused-ring (bicyclic) bond motifs is 1. The number of aryl methyl sites for hydroxylation is 1. The Bertz CT molecular complexity index is 1190. The monoisotopic (exact) mass is 458 g/mol. The van der Waals surface area contributed by atoms with Crippen LogP contribution < -0.4 is 15.4 Å². The zero-order chi connectivity index (χ0) is 22.0. The van der Waals surface area contributed by atoms with Crippen molar-refractivity contribution in [2.75, 3.05) is 24.3 Å². The number of rotatable bonds is 5. The maximum Gasteiger partial charge on any atom is 0.325 e. The van der Waals surface area contributed by atoms with Crippen LogP contribution in [0.5, 0.6) is 5.75 Å². The Morgan fingerprint density at radius 2 is 1.81 bits per heavy atom. The Hall–Kier alpha value is -2.95. The van der Waals surface area contributed by atoms with Gasteiger partial charge in [0.15, 0.2) is 5.13 Å². The van der Waals surface area contributed by atoms with E-state index in [-0.39, 0.29) is 11.4 Å². The first-order chi connectivity index (χ1) is 14.8. The number of amides is 2. The molecule has 3 aromatic rings. The van der Waals surface area contributed by atoms with Crippen LogP contribution >= 0.6 is 11.3 Å². The van der Waals surface area contributed by atoms with Crippen molar-refractivity contribution in [2.45, 2.75) is 24.8 Å². The van der Waals surface area contributed by atoms with E-state index in [1.165, 1.54) is 15.6 Å². The van der Waals surface area contributed by atoms with Crippen molar-refractivity contribution in [3.63, 3.8) is 0 Å². The molecule has 0 spiro atoms. The Morgan fingerprint density at radius 1 is 1.10 bits per heavy atom. The summed E-state index contributed by atoms with van der Waals surface area (Å²) in [6.45, 7) is 2.51. The molecule has 10 heteroatoms. The maximum absolute atomic E-state index is 13.0. The summed E-state index contributed by atoms with van der Waals surface area (Å²) in [4.78, 5) is 17.9. The number of carbonyl (C=O) groups is 1. The highest BCUT2D eigenvalue weighted by Gasteiger charge is 2.30. The molecule has 1 aliphatic heterocycles. The number of urea groups is 1. The lowest BCUT2D eigenvalue weighted by Crippen LogP contribution is -2.35. The molecule has 0 saturated carbocycles. The van der Waals surface area contributed by atoms with Crippen molar-refractivity contribution >= 4 is 38.2 Å². The molecular weight excluding hydrogens is 436 g/mol. The number of carbonyl (C=O) groups excluding carboxylic acids is 1. The lowest BCUT2D eigenvalue weighted by molar-refractivity contribution is 0.262. The number of hydrogen-bond donors (Lipinski definition) is 2. The van der Waals surface area contributed by atoms with Crippen LogP contribution in [0.25, 0.3) is 0 Å². The standard InChI is InChI=1S/C21H22N4O4S2/c1-14-3-9-17(10-4-14)31(27,28)25-12-11-18-19(13-25)30-21(23-18)24-20(26)22-15-5-7-16(29-2)8-6-15/h3-10H,11-13H2,1-2H3,(H2,22,23,24,26). The molecule has 31 heavy (non-hydrogen) atoms. The Morgan fingerprint density at radius 3 is 2.48 bits per heavy atom. The summed E-state index contributed by atoms with van der Waals surface area (Å²) in [5, 5.41) is 5.90. The zero-order valence-electron chi connectivity index (χ0n) is 17.1. The van der Waals surface area contributed by atoms with E-state index < -0.39 is 16.1 Å². The van der Waals surface area contributed by atoms with Crippen molar-refractivity contribution in [3.8, 4) is 5.75 Å². The molecule has 0 radical (unpaired) electrons. The van der Waals surface area contributed by atoms with Crippen molar-refractivity contribution in [3.05, 3.63) is 64.7 Å². The third-order valence-corrected chi connectivity index (χ3v) is 7.78. The molecule has 162 valence electrons. The van der Waals surface area contributed by atoms with Gasteiger partial charge in [0.2, 0.25) is 10.0 Å². The molecular formula is C21H22N4O4S2. The van der Waals surface area contributed by atoms with E-state index in [4.69, 9.17) is 4.74 Å². The quantitative estimate of drug-likeness (QED) is 0.605. The van der Waals surface area contributed by atoms with Crippen LogP contribution in [0.15, 0.2) is 53.4 Å². The van der Waals surface area contributed by atoms with Gasteiger partial charge in [-0.15, -0.1) is 0 Å². The molecule has 0 saturated heterocycles. The van der Waals surface area contributed by atoms with E-state index >= 15 is 0 Å². The molecule has 1 aromatic heterocycles. The highest BCUT2D eigenvalue weighted by Crippen LogP contribution is 2.31. The minimum atomic E-state index is -3.58. The van der Waals surface area contributed by atoms with Gasteiger partial charge >= 0.3 is 6.03 Å². The zero-order valence-corrected chi connectivity index (χ0v) is 18.7. The normalized spacial score (nSPS) is 14.0. The number of nitrogens with zero attached hydrogens (tertiary/aromatic N) is 2. The topological polar surface area (TPSA) is 101 Å². The minimum Gasteiger partial charge on any atom is -0.497 e. The molecule has 0 unspecified atom stereocenters. The maximum atomic E-state index is 13.0. The summed E-state index contributed by atoms with van der Waals surface area (Å²) < 4.78 is 32.5. The van der Waals surface area contributed by atoms with E-state index in [0.717, 1.165) is 16.1 Å². The first kappa shape index (κ1) is 21.3. The molecule has 4 rings (SSSR count). The molecule has 0 bridgehead atoms. The van der Waals surface area contributed by atoms with Gasteiger partial charge in [0.25, 0.3) is 0 Å². The van der Waals surface area contributed by atoms with Gasteiger partial charge in [0, 0.05) is 23.5 Å². The van der Waals surface area contributed by atoms with Gasteiger partial charge in [0.1, 0.15) is 5.75 Å². The van der Waals surface area contributed by atoms with Crippen molar-refractivity contribution in [2.24, 2.45) is 0 Å². The van der Waals surface area contributed by atoms with Gasteiger partial charge in [-0.1, -0.05) is 29.0 Å². The Balaban J connectivity index is 1.43. The smallest absolute Gasteiger partial charge is 0.325 e. The van der Waals surface area contributed by atoms with Gasteiger partial charge in [-0.3, -0.25) is 5.32 Å². The van der Waals surface area contributed by atoms with Gasteiger partial charge in [-0.05, 0) is 43.3 Å². The molecule has 1 aliphatic rings. The summed E-state index contributed by atoms with van der Waals surface area (Å²) in [5.41, 5.74) is 2.45. The second kappa shape index (κ2) is 8.66. The lowest BCUT2D eigenvalue weighted by atomic mass is 10.2. The summed E-state index contributed by atoms with van der Waals surface area (Å²) in [5.74, 6) is 0.698. The van der Waals surface area contributed by atoms with Crippen LogP contribution in [-0.2, 0) is 23.0 Å². The molecule has 0 fully saturated rings. The van der Waals surface area contributed by atoms with Crippen molar-refractivity contribution < 1.29 is 17.9 Å². The van der Waals surface area contributed by atoms with Crippen molar-refractivity contribution in [1.82, 2.24) is 9.29 Å². The first-order valence-electron chi connectivity index (χ1n) is 9.62. The summed E-state index contributed by atoms with van der Waals surface area (Å²) in [7, 11) is -2.00. The predicted octanol–water partition coefficient (Wildman–Crippen LogP) is 3.85. The number of aromatic nitrogens is 1. The summed E-state index contributed by atoms with van der Waals surface area (Å²) in [6.07, 6.45) is 0.499. The van der Waals surface area contributed by atoms with Crippen LogP contribution in [0, 0.1) is 6.92 Å². The number of hydrogen-bond acceptors (Lipinski definition) is 6. The molecule has 0 atom stereocenters. The second-order valence-corrected chi connectivity index (χ2v) is 10.1. The number of methoxy groups -OCH3 is 1. The fourth-order valence-electron chi connectivity index (χ4n) is 3.22. The van der Waals surface area contributed by atoms with Gasteiger partial charge in [-0.25, -0.2) is 18.2 Å². The number of thiazole rings is 1. The number of anilines is 2. The lowest BCUT2D eigenvalue weighted by Gasteiger charge is -2.25. The van der Waals surface area contributed by atoms with E-state index in [1.807, 2.05) is 6.92 Å². The van der Waals surface area contributed by atoms with Crippen LogP contribution in [0.3, 0.4) is 0 Å². The molecule has 2 aromatic carbocycles. The Labute approximate surface area is 184 Å². The number of benzene rings is 2.